The van der Waals surface area contributed by atoms with Crippen LogP contribution < -0.4 is 0 Å². The number of rotatable bonds is 1. The van der Waals surface area contributed by atoms with Crippen molar-refractivity contribution < 1.29 is 22.7 Å². The van der Waals surface area contributed by atoms with Crippen molar-refractivity contribution >= 4 is 17.1 Å². The average molecular weight is 341 g/mol. The minimum atomic E-state index is -4.39. The summed E-state index contributed by atoms with van der Waals surface area (Å²) < 4.78 is 43.5. The van der Waals surface area contributed by atoms with Crippen molar-refractivity contribution in [2.24, 2.45) is 0 Å². The van der Waals surface area contributed by atoms with Crippen molar-refractivity contribution in [1.29, 1.82) is 0 Å². The van der Waals surface area contributed by atoms with Crippen molar-refractivity contribution in [3.05, 3.63) is 29.6 Å². The molecule has 1 aliphatic rings. The number of hydrogen-bond acceptors (Lipinski definition) is 3. The molecule has 8 heteroatoms. The molecular formula is C16H18F3N3O2. The normalized spacial score (nSPS) is 16.3. The Labute approximate surface area is 136 Å². The van der Waals surface area contributed by atoms with E-state index in [1.807, 2.05) is 0 Å². The molecule has 0 unspecified atom stereocenters. The fraction of sp³-hybridized carbons (Fsp3) is 0.500. The molecule has 0 atom stereocenters. The lowest BCUT2D eigenvalue weighted by Gasteiger charge is -2.38. The lowest BCUT2D eigenvalue weighted by molar-refractivity contribution is -0.137. The lowest BCUT2D eigenvalue weighted by Crippen LogP contribution is -2.50. The van der Waals surface area contributed by atoms with Gasteiger partial charge in [0.05, 0.1) is 22.5 Å². The van der Waals surface area contributed by atoms with E-state index in [2.05, 4.69) is 9.97 Å². The fourth-order valence-corrected chi connectivity index (χ4v) is 2.53. The minimum absolute atomic E-state index is 0.0285. The fourth-order valence-electron chi connectivity index (χ4n) is 2.53. The summed E-state index contributed by atoms with van der Waals surface area (Å²) in [4.78, 5) is 20.7. The smallest absolute Gasteiger partial charge is 0.416 e. The van der Waals surface area contributed by atoms with Gasteiger partial charge < -0.3 is 14.6 Å². The second-order valence-corrected chi connectivity index (χ2v) is 6.93. The number of nitrogens with one attached hydrogen (secondary N) is 1. The average Bonchev–Trinajstić information content (AvgIpc) is 2.75. The van der Waals surface area contributed by atoms with Crippen LogP contribution in [0.15, 0.2) is 18.2 Å². The van der Waals surface area contributed by atoms with Crippen LogP contribution in [0.3, 0.4) is 0 Å². The number of carbonyl (C=O) groups is 1. The van der Waals surface area contributed by atoms with Crippen molar-refractivity contribution in [3.8, 4) is 0 Å². The molecule has 0 radical (unpaired) electrons. The van der Waals surface area contributed by atoms with Gasteiger partial charge in [0, 0.05) is 13.1 Å². The van der Waals surface area contributed by atoms with Gasteiger partial charge in [-0.05, 0) is 39.0 Å². The van der Waals surface area contributed by atoms with Gasteiger partial charge in [0.2, 0.25) is 0 Å². The number of ether oxygens (including phenoxy) is 1. The van der Waals surface area contributed by atoms with E-state index < -0.39 is 23.4 Å². The van der Waals surface area contributed by atoms with Gasteiger partial charge in [-0.15, -0.1) is 0 Å². The van der Waals surface area contributed by atoms with Crippen LogP contribution in [-0.4, -0.2) is 39.7 Å². The molecule has 3 rings (SSSR count). The number of hydrogen-bond donors (Lipinski definition) is 1. The number of halogens is 3. The van der Waals surface area contributed by atoms with E-state index in [1.165, 1.54) is 6.07 Å². The van der Waals surface area contributed by atoms with E-state index in [-0.39, 0.29) is 5.92 Å². The van der Waals surface area contributed by atoms with E-state index in [1.54, 1.807) is 25.7 Å². The Balaban J connectivity index is 1.70. The summed E-state index contributed by atoms with van der Waals surface area (Å²) in [6.45, 7) is 6.24. The maximum Gasteiger partial charge on any atom is 0.416 e. The summed E-state index contributed by atoms with van der Waals surface area (Å²) in [5.74, 6) is 0.559. The molecule has 1 aromatic heterocycles. The molecule has 1 fully saturated rings. The summed E-state index contributed by atoms with van der Waals surface area (Å²) >= 11 is 0. The van der Waals surface area contributed by atoms with Crippen molar-refractivity contribution in [3.63, 3.8) is 0 Å². The number of nitrogens with zero attached hydrogens (tertiary/aromatic N) is 2. The van der Waals surface area contributed by atoms with E-state index in [4.69, 9.17) is 4.74 Å². The predicted molar refractivity (Wildman–Crippen MR) is 81.6 cm³/mol. The first kappa shape index (κ1) is 16.6. The number of aromatic amines is 1. The number of fused-ring (bicyclic) bond motifs is 1. The topological polar surface area (TPSA) is 58.2 Å². The zero-order valence-electron chi connectivity index (χ0n) is 13.6. The highest BCUT2D eigenvalue weighted by atomic mass is 19.4. The number of amides is 1. The molecule has 0 bridgehead atoms. The van der Waals surface area contributed by atoms with E-state index >= 15 is 0 Å². The zero-order valence-corrected chi connectivity index (χ0v) is 13.6. The van der Waals surface area contributed by atoms with E-state index in [0.29, 0.717) is 29.9 Å². The highest BCUT2D eigenvalue weighted by Crippen LogP contribution is 2.32. The minimum Gasteiger partial charge on any atom is -0.444 e. The van der Waals surface area contributed by atoms with Crippen LogP contribution in [-0.2, 0) is 10.9 Å². The summed E-state index contributed by atoms with van der Waals surface area (Å²) in [7, 11) is 0. The summed E-state index contributed by atoms with van der Waals surface area (Å²) in [6, 6.07) is 3.42. The third-order valence-electron chi connectivity index (χ3n) is 3.75. The number of H-pyrrole nitrogens is 1. The first-order valence-electron chi connectivity index (χ1n) is 7.58. The Hall–Kier alpha value is -2.25. The van der Waals surface area contributed by atoms with Crippen molar-refractivity contribution in [2.45, 2.75) is 38.5 Å². The molecular weight excluding hydrogens is 323 g/mol. The van der Waals surface area contributed by atoms with Crippen LogP contribution in [0.1, 0.15) is 38.1 Å². The van der Waals surface area contributed by atoms with Crippen LogP contribution in [0.4, 0.5) is 18.0 Å². The first-order chi connectivity index (χ1) is 11.0. The van der Waals surface area contributed by atoms with Crippen LogP contribution in [0.5, 0.6) is 0 Å². The zero-order chi connectivity index (χ0) is 17.7. The summed E-state index contributed by atoms with van der Waals surface area (Å²) in [5, 5.41) is 0. The van der Waals surface area contributed by atoms with Gasteiger partial charge in [-0.25, -0.2) is 9.78 Å². The Morgan fingerprint density at radius 1 is 1.29 bits per heavy atom. The maximum atomic E-state index is 12.7. The maximum absolute atomic E-state index is 12.7. The Kier molecular flexibility index (Phi) is 3.73. The SMILES string of the molecule is CC(C)(C)OC(=O)N1CC(c2nc3ccc(C(F)(F)F)cc3[nH]2)C1. The Morgan fingerprint density at radius 3 is 2.54 bits per heavy atom. The first-order valence-corrected chi connectivity index (χ1v) is 7.58. The molecule has 5 nitrogen and oxygen atoms in total. The summed E-state index contributed by atoms with van der Waals surface area (Å²) in [6.07, 6.45) is -4.78. The molecule has 1 amide bonds. The van der Waals surface area contributed by atoms with Crippen molar-refractivity contribution in [2.75, 3.05) is 13.1 Å². The number of imidazole rings is 1. The van der Waals surface area contributed by atoms with Crippen LogP contribution in [0, 0.1) is 0 Å². The molecule has 1 saturated heterocycles. The lowest BCUT2D eigenvalue weighted by atomic mass is 10.0. The van der Waals surface area contributed by atoms with Gasteiger partial charge in [-0.2, -0.15) is 13.2 Å². The number of aromatic nitrogens is 2. The van der Waals surface area contributed by atoms with Gasteiger partial charge in [-0.1, -0.05) is 0 Å². The molecule has 0 spiro atoms. The standard InChI is InChI=1S/C16H18F3N3O2/c1-15(2,3)24-14(23)22-7-9(8-22)13-20-11-5-4-10(16(17,18)19)6-12(11)21-13/h4-6,9H,7-8H2,1-3H3,(H,20,21). The van der Waals surface area contributed by atoms with Crippen molar-refractivity contribution in [1.82, 2.24) is 14.9 Å². The number of benzene rings is 1. The van der Waals surface area contributed by atoms with Gasteiger partial charge in [0.25, 0.3) is 0 Å². The number of carbonyl (C=O) groups excluding carboxylic acids is 1. The van der Waals surface area contributed by atoms with Crippen LogP contribution in [0.25, 0.3) is 11.0 Å². The second kappa shape index (κ2) is 5.39. The molecule has 130 valence electrons. The molecule has 0 saturated carbocycles. The van der Waals surface area contributed by atoms with E-state index in [9.17, 15) is 18.0 Å². The molecule has 0 aliphatic carbocycles. The van der Waals surface area contributed by atoms with Gasteiger partial charge >= 0.3 is 12.3 Å². The Bertz CT molecular complexity index is 771. The highest BCUT2D eigenvalue weighted by Gasteiger charge is 2.36. The molecule has 1 N–H and O–H groups in total. The summed E-state index contributed by atoms with van der Waals surface area (Å²) in [5.41, 5.74) is -0.450. The highest BCUT2D eigenvalue weighted by molar-refractivity contribution is 5.76. The third-order valence-corrected chi connectivity index (χ3v) is 3.75. The molecule has 1 aromatic carbocycles. The quantitative estimate of drug-likeness (QED) is 0.855. The van der Waals surface area contributed by atoms with Gasteiger partial charge in [0.15, 0.2) is 0 Å². The van der Waals surface area contributed by atoms with E-state index in [0.717, 1.165) is 12.1 Å². The second-order valence-electron chi connectivity index (χ2n) is 6.93. The molecule has 1 aliphatic heterocycles. The van der Waals surface area contributed by atoms with Gasteiger partial charge in [0.1, 0.15) is 11.4 Å². The monoisotopic (exact) mass is 341 g/mol. The third kappa shape index (κ3) is 3.32. The number of likely N-dealkylation sites (tertiary alicyclic amines) is 1. The predicted octanol–water partition coefficient (Wildman–Crippen LogP) is 3.92. The largest absolute Gasteiger partial charge is 0.444 e. The van der Waals surface area contributed by atoms with Crippen LogP contribution in [0.2, 0.25) is 0 Å². The molecule has 24 heavy (non-hydrogen) atoms. The number of alkyl halides is 3. The molecule has 2 aromatic rings. The Morgan fingerprint density at radius 2 is 1.96 bits per heavy atom. The van der Waals surface area contributed by atoms with Crippen LogP contribution >= 0.6 is 0 Å². The van der Waals surface area contributed by atoms with Gasteiger partial charge in [-0.3, -0.25) is 0 Å². The molecule has 2 heterocycles.